The Morgan fingerprint density at radius 2 is 2.00 bits per heavy atom. The topological polar surface area (TPSA) is 66.9 Å². The van der Waals surface area contributed by atoms with Crippen LogP contribution in [0.15, 0.2) is 45.8 Å². The number of amides is 1. The number of benzene rings is 2. The van der Waals surface area contributed by atoms with Crippen molar-refractivity contribution in [3.8, 4) is 5.75 Å². The van der Waals surface area contributed by atoms with Crippen LogP contribution in [0.3, 0.4) is 0 Å². The van der Waals surface area contributed by atoms with E-state index in [9.17, 15) is 13.2 Å². The lowest BCUT2D eigenvalue weighted by molar-refractivity contribution is -0.119. The normalized spacial score (nSPS) is 16.2. The summed E-state index contributed by atoms with van der Waals surface area (Å²) in [5, 5.41) is 0. The molecule has 0 aromatic heterocycles. The maximum absolute atomic E-state index is 13.3. The van der Waals surface area contributed by atoms with Crippen LogP contribution in [0.5, 0.6) is 5.75 Å². The second-order valence-corrected chi connectivity index (χ2v) is 10.00. The number of hydrogen-bond donors (Lipinski definition) is 0. The minimum atomic E-state index is -3.89. The number of ether oxygens (including phenoxy) is 1. The Labute approximate surface area is 180 Å². The zero-order valence-electron chi connectivity index (χ0n) is 17.0. The zero-order chi connectivity index (χ0) is 21.3. The van der Waals surface area contributed by atoms with Crippen LogP contribution < -0.4 is 9.64 Å². The molecule has 0 N–H and O–H groups in total. The molecule has 8 heteroatoms. The molecular formula is C21H25BrN2O4S. The average Bonchev–Trinajstić information content (AvgIpc) is 3.00. The molecule has 0 saturated heterocycles. The van der Waals surface area contributed by atoms with Crippen LogP contribution in [0, 0.1) is 6.92 Å². The molecule has 1 aliphatic heterocycles. The number of carbonyl (C=O) groups excluding carboxylic acids is 1. The number of hydrogen-bond acceptors (Lipinski definition) is 4. The largest absolute Gasteiger partial charge is 0.495 e. The number of anilines is 1. The quantitative estimate of drug-likeness (QED) is 0.631. The van der Waals surface area contributed by atoms with E-state index in [-0.39, 0.29) is 35.7 Å². The second kappa shape index (κ2) is 8.45. The highest BCUT2D eigenvalue weighted by molar-refractivity contribution is 9.10. The van der Waals surface area contributed by atoms with Crippen molar-refractivity contribution >= 4 is 37.5 Å². The van der Waals surface area contributed by atoms with Gasteiger partial charge in [0, 0.05) is 22.7 Å². The number of carbonyl (C=O) groups is 1. The molecule has 6 nitrogen and oxygen atoms in total. The van der Waals surface area contributed by atoms with E-state index in [1.807, 2.05) is 32.0 Å². The molecule has 1 unspecified atom stereocenters. The smallest absolute Gasteiger partial charge is 0.247 e. The molecule has 1 aliphatic rings. The molecule has 2 aromatic rings. The standard InChI is InChI=1S/C21H25BrN2O4S/c1-5-23(29(26,27)20-10-14(2)6-9-19(20)28-4)13-21(25)24-15(3)11-16-12-17(22)7-8-18(16)24/h6-10,12,15H,5,11,13H2,1-4H3. The molecule has 2 aromatic carbocycles. The highest BCUT2D eigenvalue weighted by Crippen LogP contribution is 2.35. The third-order valence-corrected chi connectivity index (χ3v) is 7.56. The van der Waals surface area contributed by atoms with E-state index in [1.54, 1.807) is 30.0 Å². The SMILES string of the molecule is CCN(CC(=O)N1c2ccc(Br)cc2CC1C)S(=O)(=O)c1cc(C)ccc1OC. The van der Waals surface area contributed by atoms with E-state index in [1.165, 1.54) is 11.4 Å². The monoisotopic (exact) mass is 480 g/mol. The van der Waals surface area contributed by atoms with Gasteiger partial charge in [-0.3, -0.25) is 4.79 Å². The predicted octanol–water partition coefficient (Wildman–Crippen LogP) is 3.75. The fourth-order valence-corrected chi connectivity index (χ4v) is 5.75. The van der Waals surface area contributed by atoms with Crippen molar-refractivity contribution in [2.75, 3.05) is 25.1 Å². The Balaban J connectivity index is 1.91. The Hall–Kier alpha value is -1.90. The molecule has 0 aliphatic carbocycles. The fourth-order valence-electron chi connectivity index (χ4n) is 3.70. The first-order valence-corrected chi connectivity index (χ1v) is 11.7. The van der Waals surface area contributed by atoms with Crippen LogP contribution in [0.1, 0.15) is 25.0 Å². The van der Waals surface area contributed by atoms with Gasteiger partial charge in [-0.25, -0.2) is 8.42 Å². The highest BCUT2D eigenvalue weighted by atomic mass is 79.9. The van der Waals surface area contributed by atoms with E-state index in [4.69, 9.17) is 4.74 Å². The summed E-state index contributed by atoms with van der Waals surface area (Å²) in [6, 6.07) is 10.8. The molecular weight excluding hydrogens is 456 g/mol. The van der Waals surface area contributed by atoms with Crippen LogP contribution in [0.2, 0.25) is 0 Å². The van der Waals surface area contributed by atoms with Crippen molar-refractivity contribution in [3.05, 3.63) is 52.0 Å². The minimum Gasteiger partial charge on any atom is -0.495 e. The molecule has 156 valence electrons. The number of rotatable bonds is 6. The van der Waals surface area contributed by atoms with Crippen LogP contribution in [-0.2, 0) is 21.2 Å². The van der Waals surface area contributed by atoms with Crippen LogP contribution in [-0.4, -0.2) is 44.9 Å². The Bertz CT molecular complexity index is 1040. The molecule has 1 amide bonds. The van der Waals surface area contributed by atoms with E-state index >= 15 is 0 Å². The molecule has 1 atom stereocenters. The lowest BCUT2D eigenvalue weighted by atomic mass is 10.1. The fraction of sp³-hybridized carbons (Fsp3) is 0.381. The third-order valence-electron chi connectivity index (χ3n) is 5.13. The zero-order valence-corrected chi connectivity index (χ0v) is 19.4. The number of aryl methyl sites for hydroxylation is 1. The van der Waals surface area contributed by atoms with Gasteiger partial charge in [0.1, 0.15) is 10.6 Å². The summed E-state index contributed by atoms with van der Waals surface area (Å²) in [7, 11) is -2.45. The van der Waals surface area contributed by atoms with Crippen molar-refractivity contribution in [2.24, 2.45) is 0 Å². The van der Waals surface area contributed by atoms with Gasteiger partial charge in [0.25, 0.3) is 0 Å². The first-order valence-electron chi connectivity index (χ1n) is 9.44. The maximum atomic E-state index is 13.3. The lowest BCUT2D eigenvalue weighted by Crippen LogP contribution is -2.45. The molecule has 29 heavy (non-hydrogen) atoms. The van der Waals surface area contributed by atoms with Crippen molar-refractivity contribution in [2.45, 2.75) is 38.1 Å². The number of halogens is 1. The summed E-state index contributed by atoms with van der Waals surface area (Å²) in [6.07, 6.45) is 0.741. The number of methoxy groups -OCH3 is 1. The highest BCUT2D eigenvalue weighted by Gasteiger charge is 2.35. The molecule has 3 rings (SSSR count). The predicted molar refractivity (Wildman–Crippen MR) is 117 cm³/mol. The average molecular weight is 481 g/mol. The number of nitrogens with zero attached hydrogens (tertiary/aromatic N) is 2. The van der Waals surface area contributed by atoms with Crippen LogP contribution in [0.4, 0.5) is 5.69 Å². The number of likely N-dealkylation sites (N-methyl/N-ethyl adjacent to an activating group) is 1. The molecule has 0 bridgehead atoms. The number of fused-ring (bicyclic) bond motifs is 1. The van der Waals surface area contributed by atoms with Crippen molar-refractivity contribution in [3.63, 3.8) is 0 Å². The third kappa shape index (κ3) is 4.20. The van der Waals surface area contributed by atoms with Crippen LogP contribution >= 0.6 is 15.9 Å². The van der Waals surface area contributed by atoms with Crippen molar-refractivity contribution in [1.29, 1.82) is 0 Å². The lowest BCUT2D eigenvalue weighted by Gasteiger charge is -2.27. The Morgan fingerprint density at radius 1 is 1.28 bits per heavy atom. The summed E-state index contributed by atoms with van der Waals surface area (Å²) >= 11 is 3.46. The minimum absolute atomic E-state index is 0.0262. The summed E-state index contributed by atoms with van der Waals surface area (Å²) in [5.74, 6) is 0.0295. The van der Waals surface area contributed by atoms with Gasteiger partial charge in [0.15, 0.2) is 0 Å². The molecule has 0 saturated carbocycles. The van der Waals surface area contributed by atoms with Gasteiger partial charge in [-0.2, -0.15) is 4.31 Å². The van der Waals surface area contributed by atoms with E-state index in [0.717, 1.165) is 27.7 Å². The Morgan fingerprint density at radius 3 is 2.66 bits per heavy atom. The molecule has 0 fully saturated rings. The van der Waals surface area contributed by atoms with Crippen LogP contribution in [0.25, 0.3) is 0 Å². The Kier molecular flexibility index (Phi) is 6.36. The molecule has 0 radical (unpaired) electrons. The maximum Gasteiger partial charge on any atom is 0.247 e. The van der Waals surface area contributed by atoms with Gasteiger partial charge in [0.2, 0.25) is 15.9 Å². The van der Waals surface area contributed by atoms with E-state index in [2.05, 4.69) is 15.9 Å². The van der Waals surface area contributed by atoms with Gasteiger partial charge in [-0.15, -0.1) is 0 Å². The van der Waals surface area contributed by atoms with Gasteiger partial charge in [-0.05, 0) is 61.7 Å². The van der Waals surface area contributed by atoms with Gasteiger partial charge in [-0.1, -0.05) is 28.9 Å². The second-order valence-electron chi connectivity index (χ2n) is 7.18. The van der Waals surface area contributed by atoms with E-state index in [0.29, 0.717) is 0 Å². The van der Waals surface area contributed by atoms with Gasteiger partial charge < -0.3 is 9.64 Å². The summed E-state index contributed by atoms with van der Waals surface area (Å²) in [6.45, 7) is 5.48. The summed E-state index contributed by atoms with van der Waals surface area (Å²) in [4.78, 5) is 14.9. The summed E-state index contributed by atoms with van der Waals surface area (Å²) in [5.41, 5.74) is 2.72. The molecule has 0 spiro atoms. The van der Waals surface area contributed by atoms with Crippen molar-refractivity contribution in [1.82, 2.24) is 4.31 Å². The first kappa shape index (κ1) is 21.8. The summed E-state index contributed by atoms with van der Waals surface area (Å²) < 4.78 is 34.0. The first-order chi connectivity index (χ1) is 13.7. The van der Waals surface area contributed by atoms with E-state index < -0.39 is 10.0 Å². The number of sulfonamides is 1. The molecule has 1 heterocycles. The van der Waals surface area contributed by atoms with Gasteiger partial charge in [0.05, 0.1) is 13.7 Å². The van der Waals surface area contributed by atoms with Gasteiger partial charge >= 0.3 is 0 Å². The van der Waals surface area contributed by atoms with Crippen molar-refractivity contribution < 1.29 is 17.9 Å².